The van der Waals surface area contributed by atoms with Gasteiger partial charge in [-0.05, 0) is 24.3 Å². The molecule has 3 nitrogen and oxygen atoms in total. The zero-order chi connectivity index (χ0) is 15.6. The molecule has 0 fully saturated rings. The molecule has 0 unspecified atom stereocenters. The van der Waals surface area contributed by atoms with Crippen molar-refractivity contribution in [2.24, 2.45) is 0 Å². The molecular formula is C14H10ClF3N2O. The molecule has 0 aliphatic heterocycles. The lowest BCUT2D eigenvalue weighted by molar-refractivity contribution is -0.137. The van der Waals surface area contributed by atoms with E-state index < -0.39 is 23.2 Å². The van der Waals surface area contributed by atoms with Crippen LogP contribution in [0.4, 0.5) is 24.5 Å². The highest BCUT2D eigenvalue weighted by atomic mass is 35.5. The van der Waals surface area contributed by atoms with Crippen molar-refractivity contribution >= 4 is 28.9 Å². The lowest BCUT2D eigenvalue weighted by atomic mass is 10.1. The van der Waals surface area contributed by atoms with E-state index in [4.69, 9.17) is 17.3 Å². The Kier molecular flexibility index (Phi) is 4.09. The first-order chi connectivity index (χ1) is 9.80. The average molecular weight is 315 g/mol. The van der Waals surface area contributed by atoms with Gasteiger partial charge in [-0.15, -0.1) is 0 Å². The van der Waals surface area contributed by atoms with Gasteiger partial charge in [0.15, 0.2) is 0 Å². The molecule has 0 heterocycles. The molecule has 0 saturated carbocycles. The van der Waals surface area contributed by atoms with E-state index in [1.54, 1.807) is 6.07 Å². The van der Waals surface area contributed by atoms with E-state index in [9.17, 15) is 18.0 Å². The van der Waals surface area contributed by atoms with E-state index in [1.165, 1.54) is 24.3 Å². The van der Waals surface area contributed by atoms with Crippen molar-refractivity contribution in [2.75, 3.05) is 11.1 Å². The second-order valence-electron chi connectivity index (χ2n) is 4.20. The molecule has 0 atom stereocenters. The molecule has 2 aromatic carbocycles. The molecule has 2 aromatic rings. The summed E-state index contributed by atoms with van der Waals surface area (Å²) in [6, 6.07) is 9.01. The Balaban J connectivity index is 2.38. The lowest BCUT2D eigenvalue weighted by Gasteiger charge is -2.14. The van der Waals surface area contributed by atoms with Crippen LogP contribution in [0.2, 0.25) is 5.02 Å². The van der Waals surface area contributed by atoms with Crippen LogP contribution < -0.4 is 11.1 Å². The average Bonchev–Trinajstić information content (AvgIpc) is 2.42. The van der Waals surface area contributed by atoms with Crippen molar-refractivity contribution in [3.05, 3.63) is 58.6 Å². The van der Waals surface area contributed by atoms with Crippen molar-refractivity contribution in [3.63, 3.8) is 0 Å². The van der Waals surface area contributed by atoms with Gasteiger partial charge in [-0.2, -0.15) is 13.2 Å². The van der Waals surface area contributed by atoms with E-state index >= 15 is 0 Å². The predicted molar refractivity (Wildman–Crippen MR) is 75.3 cm³/mol. The van der Waals surface area contributed by atoms with Gasteiger partial charge in [-0.3, -0.25) is 4.79 Å². The Morgan fingerprint density at radius 2 is 1.76 bits per heavy atom. The summed E-state index contributed by atoms with van der Waals surface area (Å²) in [5.74, 6) is -0.928. The number of hydrogen-bond acceptors (Lipinski definition) is 2. The molecule has 0 aromatic heterocycles. The molecule has 0 saturated heterocycles. The zero-order valence-electron chi connectivity index (χ0n) is 10.5. The molecule has 0 spiro atoms. The Morgan fingerprint density at radius 1 is 1.10 bits per heavy atom. The standard InChI is InChI=1S/C14H10ClF3N2O/c15-10-6-3-7-11(19)12(10)20-13(21)8-4-1-2-5-9(8)14(16,17)18/h1-7H,19H2,(H,20,21). The number of nitrogens with two attached hydrogens (primary N) is 1. The molecule has 7 heteroatoms. The van der Waals surface area contributed by atoms with E-state index in [0.717, 1.165) is 12.1 Å². The lowest BCUT2D eigenvalue weighted by Crippen LogP contribution is -2.19. The number of nitrogens with one attached hydrogen (secondary N) is 1. The van der Waals surface area contributed by atoms with Crippen LogP contribution in [0, 0.1) is 0 Å². The molecule has 0 aliphatic carbocycles. The molecular weight excluding hydrogens is 305 g/mol. The number of anilines is 2. The van der Waals surface area contributed by atoms with Crippen LogP contribution in [0.15, 0.2) is 42.5 Å². The first-order valence-electron chi connectivity index (χ1n) is 5.82. The number of amides is 1. The van der Waals surface area contributed by atoms with Gasteiger partial charge in [0, 0.05) is 0 Å². The normalized spacial score (nSPS) is 11.2. The summed E-state index contributed by atoms with van der Waals surface area (Å²) in [7, 11) is 0. The van der Waals surface area contributed by atoms with Gasteiger partial charge in [-0.25, -0.2) is 0 Å². The fourth-order valence-electron chi connectivity index (χ4n) is 1.78. The van der Waals surface area contributed by atoms with Gasteiger partial charge in [0.1, 0.15) is 0 Å². The van der Waals surface area contributed by atoms with Gasteiger partial charge >= 0.3 is 6.18 Å². The van der Waals surface area contributed by atoms with Gasteiger partial charge in [0.05, 0.1) is 27.5 Å². The topological polar surface area (TPSA) is 55.1 Å². The number of halogens is 4. The summed E-state index contributed by atoms with van der Waals surface area (Å²) in [6.45, 7) is 0. The minimum absolute atomic E-state index is 0.0844. The van der Waals surface area contributed by atoms with Crippen LogP contribution >= 0.6 is 11.6 Å². The predicted octanol–water partition coefficient (Wildman–Crippen LogP) is 4.19. The maximum Gasteiger partial charge on any atom is 0.417 e. The zero-order valence-corrected chi connectivity index (χ0v) is 11.3. The number of nitrogen functional groups attached to an aromatic ring is 1. The minimum atomic E-state index is -4.63. The molecule has 2 rings (SSSR count). The number of hydrogen-bond donors (Lipinski definition) is 2. The number of benzene rings is 2. The number of carbonyl (C=O) groups excluding carboxylic acids is 1. The summed E-state index contributed by atoms with van der Waals surface area (Å²) >= 11 is 5.87. The molecule has 0 bridgehead atoms. The minimum Gasteiger partial charge on any atom is -0.397 e. The number of rotatable bonds is 2. The third-order valence-corrected chi connectivity index (χ3v) is 3.08. The third-order valence-electron chi connectivity index (χ3n) is 2.76. The van der Waals surface area contributed by atoms with Crippen molar-refractivity contribution in [3.8, 4) is 0 Å². The van der Waals surface area contributed by atoms with Crippen LogP contribution in [0.25, 0.3) is 0 Å². The first kappa shape index (κ1) is 15.2. The molecule has 0 radical (unpaired) electrons. The quantitative estimate of drug-likeness (QED) is 0.816. The van der Waals surface area contributed by atoms with Gasteiger partial charge in [0.25, 0.3) is 5.91 Å². The van der Waals surface area contributed by atoms with Crippen LogP contribution in [-0.4, -0.2) is 5.91 Å². The smallest absolute Gasteiger partial charge is 0.397 e. The second-order valence-corrected chi connectivity index (χ2v) is 4.61. The van der Waals surface area contributed by atoms with E-state index in [-0.39, 0.29) is 16.4 Å². The van der Waals surface area contributed by atoms with Crippen LogP contribution in [-0.2, 0) is 6.18 Å². The maximum atomic E-state index is 12.9. The summed E-state index contributed by atoms with van der Waals surface area (Å²) in [4.78, 5) is 12.1. The highest BCUT2D eigenvalue weighted by molar-refractivity contribution is 6.34. The van der Waals surface area contributed by atoms with Crippen molar-refractivity contribution < 1.29 is 18.0 Å². The number of para-hydroxylation sites is 1. The molecule has 0 aliphatic rings. The molecule has 110 valence electrons. The van der Waals surface area contributed by atoms with E-state index in [2.05, 4.69) is 5.32 Å². The third kappa shape index (κ3) is 3.28. The SMILES string of the molecule is Nc1cccc(Cl)c1NC(=O)c1ccccc1C(F)(F)F. The van der Waals surface area contributed by atoms with Gasteiger partial charge in [-0.1, -0.05) is 29.8 Å². The largest absolute Gasteiger partial charge is 0.417 e. The van der Waals surface area contributed by atoms with E-state index in [1.807, 2.05) is 0 Å². The van der Waals surface area contributed by atoms with Crippen LogP contribution in [0.3, 0.4) is 0 Å². The summed E-state index contributed by atoms with van der Waals surface area (Å²) in [5.41, 5.74) is 4.39. The van der Waals surface area contributed by atoms with Crippen molar-refractivity contribution in [1.82, 2.24) is 0 Å². The number of alkyl halides is 3. The Bertz CT molecular complexity index is 666. The Hall–Kier alpha value is -2.21. The molecule has 21 heavy (non-hydrogen) atoms. The molecule has 3 N–H and O–H groups in total. The Labute approximate surface area is 123 Å². The first-order valence-corrected chi connectivity index (χ1v) is 6.20. The van der Waals surface area contributed by atoms with Gasteiger partial charge in [0.2, 0.25) is 0 Å². The summed E-state index contributed by atoms with van der Waals surface area (Å²) in [6.07, 6.45) is -4.63. The summed E-state index contributed by atoms with van der Waals surface area (Å²) < 4.78 is 38.6. The Morgan fingerprint density at radius 3 is 2.38 bits per heavy atom. The fourth-order valence-corrected chi connectivity index (χ4v) is 2.01. The summed E-state index contributed by atoms with van der Waals surface area (Å²) in [5, 5.41) is 2.46. The fraction of sp³-hybridized carbons (Fsp3) is 0.0714. The highest BCUT2D eigenvalue weighted by Gasteiger charge is 2.34. The van der Waals surface area contributed by atoms with Gasteiger partial charge < -0.3 is 11.1 Å². The highest BCUT2D eigenvalue weighted by Crippen LogP contribution is 2.33. The second kappa shape index (κ2) is 5.65. The maximum absolute atomic E-state index is 12.9. The van der Waals surface area contributed by atoms with Crippen LogP contribution in [0.1, 0.15) is 15.9 Å². The van der Waals surface area contributed by atoms with E-state index in [0.29, 0.717) is 0 Å². The van der Waals surface area contributed by atoms with Crippen molar-refractivity contribution in [2.45, 2.75) is 6.18 Å². The monoisotopic (exact) mass is 314 g/mol. The van der Waals surface area contributed by atoms with Crippen molar-refractivity contribution in [1.29, 1.82) is 0 Å². The number of carbonyl (C=O) groups is 1. The molecule has 1 amide bonds. The van der Waals surface area contributed by atoms with Crippen LogP contribution in [0.5, 0.6) is 0 Å².